The van der Waals surface area contributed by atoms with Crippen molar-refractivity contribution in [3.63, 3.8) is 0 Å². The molecule has 1 aliphatic heterocycles. The van der Waals surface area contributed by atoms with E-state index in [2.05, 4.69) is 58.5 Å². The van der Waals surface area contributed by atoms with Gasteiger partial charge in [0, 0.05) is 56.1 Å². The van der Waals surface area contributed by atoms with E-state index in [0.29, 0.717) is 6.54 Å². The molecule has 1 amide bonds. The number of allylic oxidation sites excluding steroid dienone is 2. The van der Waals surface area contributed by atoms with Crippen molar-refractivity contribution < 1.29 is 4.79 Å². The highest BCUT2D eigenvalue weighted by Crippen LogP contribution is 2.34. The molecule has 2 aromatic heterocycles. The number of hydrogen-bond donors (Lipinski definition) is 1. The number of pyridine rings is 2. The third-order valence-corrected chi connectivity index (χ3v) is 7.47. The Morgan fingerprint density at radius 3 is 2.57 bits per heavy atom. The number of fused-ring (bicyclic) bond motifs is 1. The number of carbonyl (C=O) groups is 1. The zero-order valence-electron chi connectivity index (χ0n) is 20.8. The molecule has 1 N–H and O–H groups in total. The molecule has 0 saturated heterocycles. The lowest BCUT2D eigenvalue weighted by Crippen LogP contribution is -2.35. The highest BCUT2D eigenvalue weighted by atomic mass is 35.5. The van der Waals surface area contributed by atoms with Gasteiger partial charge in [0.05, 0.1) is 27.3 Å². The molecule has 1 unspecified atom stereocenters. The van der Waals surface area contributed by atoms with Crippen LogP contribution in [0.4, 0.5) is 0 Å². The Bertz CT molecular complexity index is 1330. The Kier molecular flexibility index (Phi) is 7.99. The van der Waals surface area contributed by atoms with Crippen LogP contribution in [0.25, 0.3) is 0 Å². The minimum Gasteiger partial charge on any atom is -0.348 e. The summed E-state index contributed by atoms with van der Waals surface area (Å²) < 4.78 is 0. The first-order chi connectivity index (χ1) is 18.0. The fraction of sp³-hybridized carbons (Fsp3) is 0.310. The maximum absolute atomic E-state index is 12.6. The van der Waals surface area contributed by atoms with E-state index in [1.165, 1.54) is 34.9 Å². The maximum atomic E-state index is 12.6. The second kappa shape index (κ2) is 11.5. The van der Waals surface area contributed by atoms with Gasteiger partial charge in [0.15, 0.2) is 0 Å². The van der Waals surface area contributed by atoms with Crippen LogP contribution in [0.1, 0.15) is 65.0 Å². The summed E-state index contributed by atoms with van der Waals surface area (Å²) in [5.74, 6) is -0.322. The lowest BCUT2D eigenvalue weighted by Gasteiger charge is -2.35. The zero-order valence-corrected chi connectivity index (χ0v) is 22.3. The first-order valence-corrected chi connectivity index (χ1v) is 13.3. The van der Waals surface area contributed by atoms with Gasteiger partial charge in [-0.05, 0) is 48.9 Å². The molecular formula is C29H29Cl2N5O. The minimum absolute atomic E-state index is 0.233. The van der Waals surface area contributed by atoms with Crippen molar-refractivity contribution in [3.8, 4) is 0 Å². The van der Waals surface area contributed by atoms with E-state index in [1.54, 1.807) is 0 Å². The molecule has 0 saturated carbocycles. The normalized spacial score (nSPS) is 16.8. The van der Waals surface area contributed by atoms with Gasteiger partial charge < -0.3 is 5.32 Å². The lowest BCUT2D eigenvalue weighted by molar-refractivity contribution is 0.0951. The van der Waals surface area contributed by atoms with Gasteiger partial charge in [0.2, 0.25) is 0 Å². The SMILES string of the molecule is CC1=CCC(CN(Cc2ccc(CNC(=O)c3c(Cl)cncc3Cl)cc2)C2CCCc3cccnc32)=N1. The number of carbonyl (C=O) groups excluding carboxylic acids is 1. The first-order valence-electron chi connectivity index (χ1n) is 12.5. The van der Waals surface area contributed by atoms with Crippen LogP contribution < -0.4 is 5.32 Å². The molecule has 1 aromatic carbocycles. The molecule has 3 aromatic rings. The lowest BCUT2D eigenvalue weighted by atomic mass is 9.90. The van der Waals surface area contributed by atoms with E-state index in [-0.39, 0.29) is 27.6 Å². The van der Waals surface area contributed by atoms with Crippen LogP contribution in [0.3, 0.4) is 0 Å². The average molecular weight is 534 g/mol. The van der Waals surface area contributed by atoms with E-state index >= 15 is 0 Å². The Morgan fingerprint density at radius 2 is 1.84 bits per heavy atom. The molecule has 3 heterocycles. The number of amides is 1. The summed E-state index contributed by atoms with van der Waals surface area (Å²) in [5.41, 5.74) is 7.30. The molecule has 190 valence electrons. The second-order valence-corrected chi connectivity index (χ2v) is 10.4. The van der Waals surface area contributed by atoms with E-state index in [4.69, 9.17) is 33.2 Å². The highest BCUT2D eigenvalue weighted by molar-refractivity contribution is 6.39. The predicted octanol–water partition coefficient (Wildman–Crippen LogP) is 6.34. The number of hydrogen-bond acceptors (Lipinski definition) is 5. The molecule has 5 rings (SSSR count). The standard InChI is InChI=1S/C29H29Cl2N5O/c1-19-7-12-23(35-19)18-36(26-6-2-4-22-5-3-13-33-28(22)26)17-21-10-8-20(9-11-21)14-34-29(37)27-24(30)15-32-16-25(27)31/h3,5,7-11,13,15-16,26H,2,4,6,12,14,17-18H2,1H3,(H,34,37). The fourth-order valence-electron chi connectivity index (χ4n) is 5.05. The topological polar surface area (TPSA) is 70.5 Å². The van der Waals surface area contributed by atoms with E-state index < -0.39 is 0 Å². The Morgan fingerprint density at radius 1 is 1.08 bits per heavy atom. The van der Waals surface area contributed by atoms with Gasteiger partial charge in [-0.1, -0.05) is 59.6 Å². The molecule has 0 bridgehead atoms. The van der Waals surface area contributed by atoms with Crippen LogP contribution in [-0.4, -0.2) is 33.0 Å². The molecular weight excluding hydrogens is 505 g/mol. The smallest absolute Gasteiger partial charge is 0.254 e. The fourth-order valence-corrected chi connectivity index (χ4v) is 5.59. The zero-order chi connectivity index (χ0) is 25.8. The summed E-state index contributed by atoms with van der Waals surface area (Å²) in [5, 5.41) is 3.36. The van der Waals surface area contributed by atoms with Crippen LogP contribution >= 0.6 is 23.2 Å². The van der Waals surface area contributed by atoms with Crippen molar-refractivity contribution in [1.29, 1.82) is 0 Å². The third-order valence-electron chi connectivity index (χ3n) is 6.90. The molecule has 8 heteroatoms. The number of aromatic nitrogens is 2. The number of aliphatic imine (C=N–C) groups is 1. The molecule has 1 aliphatic carbocycles. The van der Waals surface area contributed by atoms with Crippen molar-refractivity contribution in [1.82, 2.24) is 20.2 Å². The van der Waals surface area contributed by atoms with Gasteiger partial charge in [0.25, 0.3) is 5.91 Å². The number of aryl methyl sites for hydroxylation is 1. The van der Waals surface area contributed by atoms with Crippen molar-refractivity contribution in [3.05, 3.63) is 105 Å². The van der Waals surface area contributed by atoms with Gasteiger partial charge in [-0.3, -0.25) is 24.7 Å². The van der Waals surface area contributed by atoms with Crippen molar-refractivity contribution >= 4 is 34.8 Å². The molecule has 1 atom stereocenters. The number of rotatable bonds is 8. The molecule has 0 radical (unpaired) electrons. The maximum Gasteiger partial charge on any atom is 0.254 e. The number of nitrogens with one attached hydrogen (secondary N) is 1. The van der Waals surface area contributed by atoms with E-state index in [9.17, 15) is 4.79 Å². The average Bonchev–Trinajstić information content (AvgIpc) is 3.32. The van der Waals surface area contributed by atoms with Gasteiger partial charge in [-0.15, -0.1) is 0 Å². The van der Waals surface area contributed by atoms with Gasteiger partial charge in [-0.2, -0.15) is 0 Å². The third kappa shape index (κ3) is 6.09. The summed E-state index contributed by atoms with van der Waals surface area (Å²) in [7, 11) is 0. The van der Waals surface area contributed by atoms with Crippen molar-refractivity contribution in [2.45, 2.75) is 51.7 Å². The minimum atomic E-state index is -0.322. The van der Waals surface area contributed by atoms with Crippen LogP contribution in [0.5, 0.6) is 0 Å². The number of benzene rings is 1. The van der Waals surface area contributed by atoms with Crippen molar-refractivity contribution in [2.24, 2.45) is 4.99 Å². The summed E-state index contributed by atoms with van der Waals surface area (Å²) >= 11 is 12.2. The molecule has 0 spiro atoms. The van der Waals surface area contributed by atoms with E-state index in [1.807, 2.05) is 12.3 Å². The highest BCUT2D eigenvalue weighted by Gasteiger charge is 2.28. The predicted molar refractivity (Wildman–Crippen MR) is 148 cm³/mol. The van der Waals surface area contributed by atoms with E-state index in [0.717, 1.165) is 50.0 Å². The van der Waals surface area contributed by atoms with Crippen molar-refractivity contribution in [2.75, 3.05) is 6.54 Å². The quantitative estimate of drug-likeness (QED) is 0.366. The summed E-state index contributed by atoms with van der Waals surface area (Å²) in [4.78, 5) is 28.6. The number of nitrogens with zero attached hydrogens (tertiary/aromatic N) is 4. The van der Waals surface area contributed by atoms with Crippen LogP contribution in [-0.2, 0) is 19.5 Å². The second-order valence-electron chi connectivity index (χ2n) is 9.57. The summed E-state index contributed by atoms with van der Waals surface area (Å²) in [6.45, 7) is 4.05. The Labute approximate surface area is 227 Å². The summed E-state index contributed by atoms with van der Waals surface area (Å²) in [6, 6.07) is 12.9. The Hall–Kier alpha value is -3.06. The molecule has 6 nitrogen and oxygen atoms in total. The molecule has 2 aliphatic rings. The van der Waals surface area contributed by atoms with Gasteiger partial charge in [0.1, 0.15) is 0 Å². The Balaban J connectivity index is 1.29. The van der Waals surface area contributed by atoms with Crippen LogP contribution in [0, 0.1) is 0 Å². The number of halogens is 2. The van der Waals surface area contributed by atoms with Gasteiger partial charge in [-0.25, -0.2) is 0 Å². The van der Waals surface area contributed by atoms with Crippen LogP contribution in [0.2, 0.25) is 10.0 Å². The first kappa shape index (κ1) is 25.6. The molecule has 0 fully saturated rings. The van der Waals surface area contributed by atoms with Gasteiger partial charge >= 0.3 is 0 Å². The largest absolute Gasteiger partial charge is 0.348 e. The van der Waals surface area contributed by atoms with Crippen LogP contribution in [0.15, 0.2) is 71.8 Å². The summed E-state index contributed by atoms with van der Waals surface area (Å²) in [6.07, 6.45) is 11.2. The molecule has 37 heavy (non-hydrogen) atoms. The monoisotopic (exact) mass is 533 g/mol.